The molecule has 1 aromatic rings. The van der Waals surface area contributed by atoms with Gasteiger partial charge in [0.05, 0.1) is 30.0 Å². The zero-order valence-electron chi connectivity index (χ0n) is 10.2. The monoisotopic (exact) mass is 255 g/mol. The largest absolute Gasteiger partial charge is 0.392 e. The van der Waals surface area contributed by atoms with E-state index in [1.807, 2.05) is 25.1 Å². The predicted molar refractivity (Wildman–Crippen MR) is 69.6 cm³/mol. The number of hydrogen-bond donors (Lipinski definition) is 1. The molecular weight excluding hydrogens is 238 g/mol. The van der Waals surface area contributed by atoms with Gasteiger partial charge in [-0.25, -0.2) is 0 Å². The van der Waals surface area contributed by atoms with E-state index in [0.717, 1.165) is 17.8 Å². The van der Waals surface area contributed by atoms with Crippen LogP contribution in [0, 0.1) is 0 Å². The van der Waals surface area contributed by atoms with E-state index in [1.165, 1.54) is 0 Å². The Morgan fingerprint density at radius 2 is 2.24 bits per heavy atom. The Hall–Kier alpha value is -0.770. The minimum absolute atomic E-state index is 0.00829. The third-order valence-corrected chi connectivity index (χ3v) is 3.44. The van der Waals surface area contributed by atoms with Crippen molar-refractivity contribution in [3.8, 4) is 0 Å². The lowest BCUT2D eigenvalue weighted by Gasteiger charge is -2.39. The molecule has 17 heavy (non-hydrogen) atoms. The molecule has 0 bridgehead atoms. The second-order valence-corrected chi connectivity index (χ2v) is 4.96. The van der Waals surface area contributed by atoms with E-state index in [4.69, 9.17) is 16.3 Å². The molecule has 2 unspecified atom stereocenters. The highest BCUT2D eigenvalue weighted by Gasteiger charge is 2.26. The number of morpholine rings is 1. The van der Waals surface area contributed by atoms with Gasteiger partial charge in [0, 0.05) is 18.2 Å². The summed E-state index contributed by atoms with van der Waals surface area (Å²) in [5, 5.41) is 10.1. The summed E-state index contributed by atoms with van der Waals surface area (Å²) < 4.78 is 5.61. The Kier molecular flexibility index (Phi) is 3.92. The summed E-state index contributed by atoms with van der Waals surface area (Å²) in [5.41, 5.74) is 1.82. The number of aliphatic hydroxyl groups is 1. The topological polar surface area (TPSA) is 32.7 Å². The molecule has 2 atom stereocenters. The number of nitrogens with zero attached hydrogens (tertiary/aromatic N) is 1. The molecule has 3 nitrogen and oxygen atoms in total. The molecule has 1 N–H and O–H groups in total. The molecule has 1 fully saturated rings. The zero-order valence-corrected chi connectivity index (χ0v) is 10.9. The molecule has 0 spiro atoms. The van der Waals surface area contributed by atoms with E-state index >= 15 is 0 Å². The average molecular weight is 256 g/mol. The van der Waals surface area contributed by atoms with Crippen molar-refractivity contribution in [1.29, 1.82) is 0 Å². The number of aliphatic hydroxyl groups excluding tert-OH is 1. The van der Waals surface area contributed by atoms with Crippen LogP contribution in [0.2, 0.25) is 5.02 Å². The lowest BCUT2D eigenvalue weighted by molar-refractivity contribution is 0.0342. The molecule has 2 rings (SSSR count). The van der Waals surface area contributed by atoms with Crippen LogP contribution in [0.15, 0.2) is 18.2 Å². The molecule has 1 aliphatic rings. The Labute approximate surface area is 107 Å². The highest BCUT2D eigenvalue weighted by Crippen LogP contribution is 2.33. The highest BCUT2D eigenvalue weighted by molar-refractivity contribution is 6.33. The summed E-state index contributed by atoms with van der Waals surface area (Å²) in [6.07, 6.45) is 0.189. The number of para-hydroxylation sites is 1. The van der Waals surface area contributed by atoms with E-state index in [1.54, 1.807) is 0 Å². The number of benzene rings is 1. The first-order valence-electron chi connectivity index (χ1n) is 5.90. The van der Waals surface area contributed by atoms with Crippen molar-refractivity contribution in [1.82, 2.24) is 0 Å². The standard InChI is InChI=1S/C13H18ClNO2/c1-9-8-17-10(2)6-15(9)13-11(7-16)4-3-5-12(13)14/h3-5,9-10,16H,6-8H2,1-2H3. The highest BCUT2D eigenvalue weighted by atomic mass is 35.5. The summed E-state index contributed by atoms with van der Waals surface area (Å²) in [6.45, 7) is 5.66. The van der Waals surface area contributed by atoms with Crippen molar-refractivity contribution < 1.29 is 9.84 Å². The Bertz CT molecular complexity index is 397. The van der Waals surface area contributed by atoms with Crippen LogP contribution in [-0.4, -0.2) is 30.4 Å². The van der Waals surface area contributed by atoms with E-state index in [9.17, 15) is 5.11 Å². The van der Waals surface area contributed by atoms with Crippen molar-refractivity contribution >= 4 is 17.3 Å². The summed E-state index contributed by atoms with van der Waals surface area (Å²) in [7, 11) is 0. The van der Waals surface area contributed by atoms with E-state index in [0.29, 0.717) is 11.6 Å². The van der Waals surface area contributed by atoms with Crippen molar-refractivity contribution in [2.24, 2.45) is 0 Å². The van der Waals surface area contributed by atoms with Gasteiger partial charge in [-0.3, -0.25) is 0 Å². The maximum Gasteiger partial charge on any atom is 0.0723 e. The van der Waals surface area contributed by atoms with Gasteiger partial charge in [0.25, 0.3) is 0 Å². The molecule has 0 aromatic heterocycles. The van der Waals surface area contributed by atoms with Crippen LogP contribution in [0.4, 0.5) is 5.69 Å². The quantitative estimate of drug-likeness (QED) is 0.881. The number of halogens is 1. The molecule has 0 radical (unpaired) electrons. The fourth-order valence-corrected chi connectivity index (χ4v) is 2.53. The average Bonchev–Trinajstić information content (AvgIpc) is 2.32. The van der Waals surface area contributed by atoms with E-state index < -0.39 is 0 Å². The van der Waals surface area contributed by atoms with Crippen LogP contribution < -0.4 is 4.90 Å². The molecule has 0 aliphatic carbocycles. The SMILES string of the molecule is CC1CN(c2c(Cl)cccc2CO)C(C)CO1. The minimum Gasteiger partial charge on any atom is -0.392 e. The minimum atomic E-state index is 0.00829. The fourth-order valence-electron chi connectivity index (χ4n) is 2.22. The molecule has 1 saturated heterocycles. The lowest BCUT2D eigenvalue weighted by atomic mass is 10.1. The van der Waals surface area contributed by atoms with Gasteiger partial charge in [-0.05, 0) is 19.9 Å². The Balaban J connectivity index is 2.37. The van der Waals surface area contributed by atoms with Gasteiger partial charge in [-0.2, -0.15) is 0 Å². The first-order chi connectivity index (χ1) is 8.13. The second-order valence-electron chi connectivity index (χ2n) is 4.55. The first-order valence-corrected chi connectivity index (χ1v) is 6.27. The third kappa shape index (κ3) is 2.57. The van der Waals surface area contributed by atoms with Crippen molar-refractivity contribution in [3.63, 3.8) is 0 Å². The van der Waals surface area contributed by atoms with Gasteiger partial charge in [-0.15, -0.1) is 0 Å². The van der Waals surface area contributed by atoms with E-state index in [-0.39, 0.29) is 18.8 Å². The lowest BCUT2D eigenvalue weighted by Crippen LogP contribution is -2.47. The number of anilines is 1. The zero-order chi connectivity index (χ0) is 12.4. The van der Waals surface area contributed by atoms with Gasteiger partial charge in [-0.1, -0.05) is 23.7 Å². The van der Waals surface area contributed by atoms with Gasteiger partial charge >= 0.3 is 0 Å². The maximum absolute atomic E-state index is 9.41. The molecule has 1 aliphatic heterocycles. The van der Waals surface area contributed by atoms with Gasteiger partial charge in [0.1, 0.15) is 0 Å². The molecule has 1 heterocycles. The number of hydrogen-bond acceptors (Lipinski definition) is 3. The molecule has 4 heteroatoms. The number of ether oxygens (including phenoxy) is 1. The van der Waals surface area contributed by atoms with E-state index in [2.05, 4.69) is 11.8 Å². The van der Waals surface area contributed by atoms with Crippen molar-refractivity contribution in [2.75, 3.05) is 18.1 Å². The predicted octanol–water partition coefficient (Wildman–Crippen LogP) is 2.45. The van der Waals surface area contributed by atoms with Crippen LogP contribution >= 0.6 is 11.6 Å². The summed E-state index contributed by atoms with van der Waals surface area (Å²) in [6, 6.07) is 5.92. The summed E-state index contributed by atoms with van der Waals surface area (Å²) in [4.78, 5) is 2.22. The van der Waals surface area contributed by atoms with Crippen molar-refractivity contribution in [2.45, 2.75) is 32.6 Å². The van der Waals surface area contributed by atoms with Crippen LogP contribution in [0.5, 0.6) is 0 Å². The van der Waals surface area contributed by atoms with Crippen LogP contribution in [0.25, 0.3) is 0 Å². The fraction of sp³-hybridized carbons (Fsp3) is 0.538. The van der Waals surface area contributed by atoms with Gasteiger partial charge < -0.3 is 14.7 Å². The third-order valence-electron chi connectivity index (χ3n) is 3.14. The normalized spacial score (nSPS) is 25.1. The summed E-state index contributed by atoms with van der Waals surface area (Å²) >= 11 is 6.26. The molecule has 0 saturated carbocycles. The Morgan fingerprint density at radius 1 is 1.47 bits per heavy atom. The number of rotatable bonds is 2. The smallest absolute Gasteiger partial charge is 0.0723 e. The first kappa shape index (κ1) is 12.7. The molecular formula is C13H18ClNO2. The maximum atomic E-state index is 9.41. The van der Waals surface area contributed by atoms with Gasteiger partial charge in [0.2, 0.25) is 0 Å². The van der Waals surface area contributed by atoms with Crippen LogP contribution in [0.1, 0.15) is 19.4 Å². The second kappa shape index (κ2) is 5.25. The Morgan fingerprint density at radius 3 is 2.94 bits per heavy atom. The van der Waals surface area contributed by atoms with Crippen LogP contribution in [-0.2, 0) is 11.3 Å². The van der Waals surface area contributed by atoms with Gasteiger partial charge in [0.15, 0.2) is 0 Å². The molecule has 0 amide bonds. The van der Waals surface area contributed by atoms with Crippen molar-refractivity contribution in [3.05, 3.63) is 28.8 Å². The molecule has 94 valence electrons. The molecule has 1 aromatic carbocycles. The van der Waals surface area contributed by atoms with Crippen LogP contribution in [0.3, 0.4) is 0 Å². The summed E-state index contributed by atoms with van der Waals surface area (Å²) in [5.74, 6) is 0.